The van der Waals surface area contributed by atoms with Gasteiger partial charge in [0.05, 0.1) is 37.6 Å². The fourth-order valence-corrected chi connectivity index (χ4v) is 12.6. The van der Waals surface area contributed by atoms with Crippen LogP contribution in [0.5, 0.6) is 0 Å². The summed E-state index contributed by atoms with van der Waals surface area (Å²) in [6, 6.07) is 0. The van der Waals surface area contributed by atoms with Gasteiger partial charge in [-0.15, -0.1) is 0 Å². The molecular weight excluding hydrogens is 676 g/mol. The van der Waals surface area contributed by atoms with Crippen LogP contribution in [0.15, 0.2) is 11.6 Å². The Bertz CT molecular complexity index is 1340. The molecule has 0 bridgehead atoms. The summed E-state index contributed by atoms with van der Waals surface area (Å²) in [4.78, 5) is 0. The zero-order chi connectivity index (χ0) is 37.1. The van der Waals surface area contributed by atoms with Crippen LogP contribution in [0.2, 0.25) is 0 Å². The summed E-state index contributed by atoms with van der Waals surface area (Å²) in [7, 11) is 0. The second-order valence-corrected chi connectivity index (χ2v) is 18.3. The molecule has 0 aromatic heterocycles. The molecule has 0 aromatic rings. The molecule has 0 aromatic carbocycles. The molecular formula is C39H62O13. The monoisotopic (exact) mass is 738 g/mol. The van der Waals surface area contributed by atoms with Gasteiger partial charge in [-0.05, 0) is 80.5 Å². The van der Waals surface area contributed by atoms with Gasteiger partial charge >= 0.3 is 0 Å². The smallest absolute Gasteiger partial charge is 0.187 e. The molecule has 22 atom stereocenters. The molecule has 4 aliphatic heterocycles. The van der Waals surface area contributed by atoms with Gasteiger partial charge in [-0.2, -0.15) is 0 Å². The van der Waals surface area contributed by atoms with Gasteiger partial charge in [-0.1, -0.05) is 39.3 Å². The highest BCUT2D eigenvalue weighted by atomic mass is 16.8. The molecule has 7 fully saturated rings. The highest BCUT2D eigenvalue weighted by Gasteiger charge is 2.69. The molecule has 8 rings (SSSR count). The minimum atomic E-state index is -1.66. The lowest BCUT2D eigenvalue weighted by molar-refractivity contribution is -0.374. The Balaban J connectivity index is 1.06. The quantitative estimate of drug-likeness (QED) is 0.200. The first kappa shape index (κ1) is 38.1. The van der Waals surface area contributed by atoms with Gasteiger partial charge in [-0.25, -0.2) is 0 Å². The SMILES string of the molecule is CC1O[C@@H](OC2C(O)[C@@H](O)C(CO)O[C@@H]2OC2CC(O)CC3=CCC4C5CC6O[C@]7(CC[C@H](C)CO7)[C@@H](C)C6[C@@]5(C)CCC4[C@]32C)C(O)C(O)[C@H]1O. The molecule has 4 saturated heterocycles. The summed E-state index contributed by atoms with van der Waals surface area (Å²) >= 11 is 0. The van der Waals surface area contributed by atoms with Crippen LogP contribution in [0.4, 0.5) is 0 Å². The Hall–Kier alpha value is -0.780. The predicted octanol–water partition coefficient (Wildman–Crippen LogP) is 1.36. The highest BCUT2D eigenvalue weighted by molar-refractivity contribution is 5.29. The lowest BCUT2D eigenvalue weighted by Crippen LogP contribution is -2.65. The van der Waals surface area contributed by atoms with Crippen molar-refractivity contribution >= 4 is 0 Å². The van der Waals surface area contributed by atoms with E-state index in [1.807, 2.05) is 0 Å². The van der Waals surface area contributed by atoms with Crippen molar-refractivity contribution in [2.24, 2.45) is 46.3 Å². The molecule has 8 aliphatic rings. The van der Waals surface area contributed by atoms with Crippen molar-refractivity contribution in [3.8, 4) is 0 Å². The van der Waals surface area contributed by atoms with E-state index in [4.69, 9.17) is 28.4 Å². The summed E-state index contributed by atoms with van der Waals surface area (Å²) in [5, 5.41) is 74.9. The van der Waals surface area contributed by atoms with E-state index < -0.39 is 91.4 Å². The van der Waals surface area contributed by atoms with E-state index in [0.717, 1.165) is 50.7 Å². The van der Waals surface area contributed by atoms with Gasteiger partial charge in [0.25, 0.3) is 0 Å². The van der Waals surface area contributed by atoms with E-state index in [1.165, 1.54) is 6.92 Å². The van der Waals surface area contributed by atoms with Crippen LogP contribution in [0.3, 0.4) is 0 Å². The predicted molar refractivity (Wildman–Crippen MR) is 183 cm³/mol. The van der Waals surface area contributed by atoms with Gasteiger partial charge in [-0.3, -0.25) is 0 Å². The Morgan fingerprint density at radius 1 is 0.827 bits per heavy atom. The van der Waals surface area contributed by atoms with Crippen molar-refractivity contribution in [1.29, 1.82) is 0 Å². The number of aliphatic hydroxyl groups is 7. The molecule has 7 N–H and O–H groups in total. The fraction of sp³-hybridized carbons (Fsp3) is 0.949. The van der Waals surface area contributed by atoms with Gasteiger partial charge < -0.3 is 64.2 Å². The van der Waals surface area contributed by atoms with Crippen molar-refractivity contribution in [1.82, 2.24) is 0 Å². The summed E-state index contributed by atoms with van der Waals surface area (Å²) < 4.78 is 38.2. The number of hydrogen-bond donors (Lipinski definition) is 7. The maximum absolute atomic E-state index is 11.3. The lowest BCUT2D eigenvalue weighted by Gasteiger charge is -2.60. The van der Waals surface area contributed by atoms with Gasteiger partial charge in [0.15, 0.2) is 18.4 Å². The molecule has 1 spiro atoms. The van der Waals surface area contributed by atoms with Crippen LogP contribution < -0.4 is 0 Å². The third kappa shape index (κ3) is 5.74. The Morgan fingerprint density at radius 2 is 1.60 bits per heavy atom. The second-order valence-electron chi connectivity index (χ2n) is 18.3. The maximum Gasteiger partial charge on any atom is 0.187 e. The van der Waals surface area contributed by atoms with Crippen LogP contribution in [0.25, 0.3) is 0 Å². The van der Waals surface area contributed by atoms with E-state index in [9.17, 15) is 35.7 Å². The van der Waals surface area contributed by atoms with Crippen LogP contribution >= 0.6 is 0 Å². The number of fused-ring (bicyclic) bond motifs is 7. The van der Waals surface area contributed by atoms with Crippen LogP contribution in [-0.4, -0.2) is 134 Å². The molecule has 0 radical (unpaired) electrons. The molecule has 13 heteroatoms. The van der Waals surface area contributed by atoms with E-state index >= 15 is 0 Å². The van der Waals surface area contributed by atoms with Crippen molar-refractivity contribution in [2.75, 3.05) is 13.2 Å². The normalized spacial score (nSPS) is 58.9. The third-order valence-corrected chi connectivity index (χ3v) is 15.6. The summed E-state index contributed by atoms with van der Waals surface area (Å²) in [6.45, 7) is 11.0. The molecule has 52 heavy (non-hydrogen) atoms. The average molecular weight is 739 g/mol. The van der Waals surface area contributed by atoms with E-state index in [2.05, 4.69) is 33.8 Å². The van der Waals surface area contributed by atoms with Crippen LogP contribution in [0.1, 0.15) is 86.0 Å². The minimum absolute atomic E-state index is 0.101. The number of ether oxygens (including phenoxy) is 6. The summed E-state index contributed by atoms with van der Waals surface area (Å²) in [5.41, 5.74) is 0.762. The first-order valence-corrected chi connectivity index (χ1v) is 19.9. The van der Waals surface area contributed by atoms with Gasteiger partial charge in [0, 0.05) is 24.2 Å². The number of rotatable bonds is 5. The zero-order valence-electron chi connectivity index (χ0n) is 31.2. The standard InChI is InChI=1S/C39H62O13/c1-17-8-11-39(47-16-17)18(2)28-25(52-39)14-24-22-7-6-20-12-21(41)13-27(38(20,5)23(22)9-10-37(24,28)4)50-36-34(32(45)30(43)26(15-40)49-36)51-35-33(46)31(44)29(42)19(3)48-35/h6,17-19,21-36,40-46H,7-16H2,1-5H3/t17-,18-,19?,21?,22?,23?,24?,25?,26?,27?,28?,29-,30-,31?,32?,33?,34?,35-,36+,37-,38-,39+/m0/s1. The molecule has 3 saturated carbocycles. The Morgan fingerprint density at radius 3 is 2.31 bits per heavy atom. The van der Waals surface area contributed by atoms with Crippen molar-refractivity contribution in [3.05, 3.63) is 11.6 Å². The lowest BCUT2D eigenvalue weighted by atomic mass is 9.46. The van der Waals surface area contributed by atoms with Crippen molar-refractivity contribution in [2.45, 2.75) is 171 Å². The summed E-state index contributed by atoms with van der Waals surface area (Å²) in [5.74, 6) is 1.86. The van der Waals surface area contributed by atoms with Crippen LogP contribution in [0, 0.1) is 46.3 Å². The molecule has 13 unspecified atom stereocenters. The number of hydrogen-bond acceptors (Lipinski definition) is 13. The molecule has 296 valence electrons. The Labute approximate surface area is 306 Å². The average Bonchev–Trinajstić information content (AvgIpc) is 3.56. The fourth-order valence-electron chi connectivity index (χ4n) is 12.6. The summed E-state index contributed by atoms with van der Waals surface area (Å²) in [6.07, 6.45) is -5.95. The minimum Gasteiger partial charge on any atom is -0.394 e. The largest absolute Gasteiger partial charge is 0.394 e. The van der Waals surface area contributed by atoms with Gasteiger partial charge in [0.1, 0.15) is 42.7 Å². The van der Waals surface area contributed by atoms with Crippen molar-refractivity contribution < 1.29 is 64.2 Å². The topological polar surface area (TPSA) is 197 Å². The third-order valence-electron chi connectivity index (χ3n) is 15.6. The Kier molecular flexibility index (Phi) is 10.0. The van der Waals surface area contributed by atoms with E-state index in [1.54, 1.807) is 0 Å². The first-order valence-electron chi connectivity index (χ1n) is 19.9. The zero-order valence-corrected chi connectivity index (χ0v) is 31.2. The second kappa shape index (κ2) is 13.7. The number of allylic oxidation sites excluding steroid dienone is 1. The molecule has 4 heterocycles. The van der Waals surface area contributed by atoms with Crippen LogP contribution in [-0.2, 0) is 28.4 Å². The number of aliphatic hydroxyl groups excluding tert-OH is 7. The molecule has 0 amide bonds. The van der Waals surface area contributed by atoms with E-state index in [-0.39, 0.29) is 17.4 Å². The molecule has 4 aliphatic carbocycles. The first-order chi connectivity index (χ1) is 24.6. The van der Waals surface area contributed by atoms with Crippen molar-refractivity contribution in [3.63, 3.8) is 0 Å². The maximum atomic E-state index is 11.3. The van der Waals surface area contributed by atoms with Gasteiger partial charge in [0.2, 0.25) is 0 Å². The molecule has 13 nitrogen and oxygen atoms in total. The highest BCUT2D eigenvalue weighted by Crippen LogP contribution is 2.71. The van der Waals surface area contributed by atoms with E-state index in [0.29, 0.717) is 42.4 Å².